The Morgan fingerprint density at radius 2 is 1.85 bits per heavy atom. The molecule has 0 aliphatic carbocycles. The van der Waals surface area contributed by atoms with Gasteiger partial charge < -0.3 is 19.7 Å². The van der Waals surface area contributed by atoms with E-state index >= 15 is 0 Å². The molecule has 2 heterocycles. The van der Waals surface area contributed by atoms with Crippen molar-refractivity contribution in [3.05, 3.63) is 59.7 Å². The number of nitrogens with one attached hydrogen (secondary N) is 1. The third-order valence-electron chi connectivity index (χ3n) is 7.09. The smallest absolute Gasteiger partial charge is 0.241 e. The lowest BCUT2D eigenvalue weighted by Gasteiger charge is -2.40. The highest BCUT2D eigenvalue weighted by atomic mass is 16.5. The summed E-state index contributed by atoms with van der Waals surface area (Å²) in [5.41, 5.74) is 2.48. The Labute approximate surface area is 197 Å². The van der Waals surface area contributed by atoms with E-state index in [1.807, 2.05) is 24.3 Å². The zero-order chi connectivity index (χ0) is 23.5. The minimum Gasteiger partial charge on any atom is -0.493 e. The van der Waals surface area contributed by atoms with Crippen molar-refractivity contribution in [3.8, 4) is 11.5 Å². The zero-order valence-corrected chi connectivity index (χ0v) is 20.3. The Morgan fingerprint density at radius 3 is 2.64 bits per heavy atom. The molecule has 1 amide bonds. The number of fused-ring (bicyclic) bond motifs is 3. The summed E-state index contributed by atoms with van der Waals surface area (Å²) < 4.78 is 11.6. The van der Waals surface area contributed by atoms with Crippen molar-refractivity contribution in [2.24, 2.45) is 0 Å². The lowest BCUT2D eigenvalue weighted by molar-refractivity contribution is -0.118. The standard InChI is InChI=1S/C28H36N2O3/c1-5-6-7-8-11-18-33-24-15-14-21(19-25(24)32-4)16-17-28-27(2,3)22-12-9-10-13-23(22)30(28)20-26(31)29-28/h9-10,12-17,19H,5-8,11,18,20H2,1-4H3,(H,29,31)/b17-16+/t28-/m1/s1. The minimum atomic E-state index is -0.603. The second-order valence-electron chi connectivity index (χ2n) is 9.55. The van der Waals surface area contributed by atoms with E-state index in [-0.39, 0.29) is 11.3 Å². The van der Waals surface area contributed by atoms with Gasteiger partial charge in [0, 0.05) is 11.1 Å². The number of nitrogens with zero attached hydrogens (tertiary/aromatic N) is 1. The number of para-hydroxylation sites is 1. The Morgan fingerprint density at radius 1 is 1.06 bits per heavy atom. The lowest BCUT2D eigenvalue weighted by atomic mass is 9.75. The first-order valence-corrected chi connectivity index (χ1v) is 12.1. The zero-order valence-electron chi connectivity index (χ0n) is 20.3. The van der Waals surface area contributed by atoms with E-state index in [2.05, 4.69) is 61.3 Å². The van der Waals surface area contributed by atoms with Crippen LogP contribution in [-0.2, 0) is 10.2 Å². The molecule has 2 aliphatic rings. The van der Waals surface area contributed by atoms with E-state index in [0.29, 0.717) is 13.2 Å². The number of amides is 1. The maximum atomic E-state index is 12.5. The number of rotatable bonds is 10. The van der Waals surface area contributed by atoms with Crippen molar-refractivity contribution in [3.63, 3.8) is 0 Å². The molecular formula is C28H36N2O3. The minimum absolute atomic E-state index is 0.0440. The number of hydrogen-bond donors (Lipinski definition) is 1. The van der Waals surface area contributed by atoms with Gasteiger partial charge in [-0.2, -0.15) is 0 Å². The molecule has 33 heavy (non-hydrogen) atoms. The number of carbonyl (C=O) groups excluding carboxylic acids is 1. The van der Waals surface area contributed by atoms with Crippen molar-refractivity contribution in [1.29, 1.82) is 0 Å². The molecule has 1 fully saturated rings. The summed E-state index contributed by atoms with van der Waals surface area (Å²) in [7, 11) is 1.67. The predicted molar refractivity (Wildman–Crippen MR) is 134 cm³/mol. The summed E-state index contributed by atoms with van der Waals surface area (Å²) in [4.78, 5) is 14.7. The summed E-state index contributed by atoms with van der Waals surface area (Å²) in [5, 5.41) is 3.27. The molecule has 1 saturated heterocycles. The molecular weight excluding hydrogens is 412 g/mol. The largest absolute Gasteiger partial charge is 0.493 e. The Hall–Kier alpha value is -2.95. The van der Waals surface area contributed by atoms with Gasteiger partial charge in [0.25, 0.3) is 0 Å². The topological polar surface area (TPSA) is 50.8 Å². The van der Waals surface area contributed by atoms with E-state index in [0.717, 1.165) is 29.2 Å². The van der Waals surface area contributed by atoms with Crippen molar-refractivity contribution in [2.75, 3.05) is 25.2 Å². The Bertz CT molecular complexity index is 1030. The van der Waals surface area contributed by atoms with Gasteiger partial charge in [-0.25, -0.2) is 0 Å². The van der Waals surface area contributed by atoms with Crippen LogP contribution in [0.15, 0.2) is 48.5 Å². The van der Waals surface area contributed by atoms with Crippen molar-refractivity contribution < 1.29 is 14.3 Å². The van der Waals surface area contributed by atoms with Crippen LogP contribution in [-0.4, -0.2) is 31.8 Å². The fraction of sp³-hybridized carbons (Fsp3) is 0.464. The van der Waals surface area contributed by atoms with Crippen LogP contribution >= 0.6 is 0 Å². The van der Waals surface area contributed by atoms with E-state index in [1.165, 1.54) is 31.2 Å². The highest BCUT2D eigenvalue weighted by Crippen LogP contribution is 2.52. The molecule has 0 saturated carbocycles. The number of hydrogen-bond acceptors (Lipinski definition) is 4. The molecule has 0 radical (unpaired) electrons. The van der Waals surface area contributed by atoms with E-state index in [1.54, 1.807) is 7.11 Å². The van der Waals surface area contributed by atoms with Crippen molar-refractivity contribution in [2.45, 2.75) is 64.0 Å². The van der Waals surface area contributed by atoms with Gasteiger partial charge in [0.1, 0.15) is 5.66 Å². The normalized spacial score (nSPS) is 20.6. The second-order valence-corrected chi connectivity index (χ2v) is 9.55. The fourth-order valence-electron chi connectivity index (χ4n) is 5.15. The maximum absolute atomic E-state index is 12.5. The van der Waals surface area contributed by atoms with E-state index in [4.69, 9.17) is 9.47 Å². The number of carbonyl (C=O) groups is 1. The number of methoxy groups -OCH3 is 1. The SMILES string of the molecule is CCCCCCCOc1ccc(/C=C/[C@@]23NC(=O)CN2c2ccccc2C3(C)C)cc1OC. The first-order chi connectivity index (χ1) is 15.9. The molecule has 1 atom stereocenters. The van der Waals surface area contributed by atoms with Crippen LogP contribution in [0.1, 0.15) is 64.0 Å². The van der Waals surface area contributed by atoms with Gasteiger partial charge >= 0.3 is 0 Å². The van der Waals surface area contributed by atoms with Crippen LogP contribution in [0.4, 0.5) is 5.69 Å². The highest BCUT2D eigenvalue weighted by Gasteiger charge is 2.59. The quantitative estimate of drug-likeness (QED) is 0.475. The summed E-state index contributed by atoms with van der Waals surface area (Å²) in [6, 6.07) is 14.4. The van der Waals surface area contributed by atoms with Crippen molar-refractivity contribution in [1.82, 2.24) is 5.32 Å². The average molecular weight is 449 g/mol. The fourth-order valence-corrected chi connectivity index (χ4v) is 5.15. The molecule has 2 aliphatic heterocycles. The van der Waals surface area contributed by atoms with Gasteiger partial charge in [0.15, 0.2) is 11.5 Å². The molecule has 5 heteroatoms. The monoisotopic (exact) mass is 448 g/mol. The van der Waals surface area contributed by atoms with Crippen LogP contribution in [0.25, 0.3) is 6.08 Å². The Kier molecular flexibility index (Phi) is 6.68. The summed E-state index contributed by atoms with van der Waals surface area (Å²) >= 11 is 0. The van der Waals surface area contributed by atoms with Crippen LogP contribution in [0.2, 0.25) is 0 Å². The van der Waals surface area contributed by atoms with Gasteiger partial charge in [0.2, 0.25) is 5.91 Å². The van der Waals surface area contributed by atoms with Crippen LogP contribution in [0, 0.1) is 0 Å². The molecule has 0 bridgehead atoms. The Balaban J connectivity index is 1.53. The molecule has 4 rings (SSSR count). The molecule has 176 valence electrons. The third-order valence-corrected chi connectivity index (χ3v) is 7.09. The second kappa shape index (κ2) is 9.50. The first kappa shape index (κ1) is 23.2. The number of unbranched alkanes of at least 4 members (excludes halogenated alkanes) is 4. The number of ether oxygens (including phenoxy) is 2. The average Bonchev–Trinajstić information content (AvgIpc) is 3.25. The van der Waals surface area contributed by atoms with E-state index < -0.39 is 5.66 Å². The van der Waals surface area contributed by atoms with Crippen LogP contribution in [0.5, 0.6) is 11.5 Å². The molecule has 0 unspecified atom stereocenters. The predicted octanol–water partition coefficient (Wildman–Crippen LogP) is 5.68. The molecule has 2 aromatic carbocycles. The third kappa shape index (κ3) is 4.21. The van der Waals surface area contributed by atoms with Gasteiger partial charge in [-0.3, -0.25) is 4.79 Å². The van der Waals surface area contributed by atoms with Gasteiger partial charge in [-0.1, -0.05) is 76.8 Å². The lowest BCUT2D eigenvalue weighted by Crippen LogP contribution is -2.58. The van der Waals surface area contributed by atoms with Gasteiger partial charge in [-0.15, -0.1) is 0 Å². The molecule has 5 nitrogen and oxygen atoms in total. The highest BCUT2D eigenvalue weighted by molar-refractivity contribution is 5.91. The molecule has 0 aromatic heterocycles. The molecule has 2 aromatic rings. The first-order valence-electron chi connectivity index (χ1n) is 12.1. The van der Waals surface area contributed by atoms with Crippen LogP contribution < -0.4 is 19.7 Å². The van der Waals surface area contributed by atoms with Crippen molar-refractivity contribution >= 4 is 17.7 Å². The van der Waals surface area contributed by atoms with Crippen LogP contribution in [0.3, 0.4) is 0 Å². The summed E-state index contributed by atoms with van der Waals surface area (Å²) in [6.45, 7) is 7.67. The van der Waals surface area contributed by atoms with Gasteiger partial charge in [-0.05, 0) is 41.8 Å². The van der Waals surface area contributed by atoms with Gasteiger partial charge in [0.05, 0.1) is 20.3 Å². The number of anilines is 1. The van der Waals surface area contributed by atoms with E-state index in [9.17, 15) is 4.79 Å². The summed E-state index contributed by atoms with van der Waals surface area (Å²) in [6.07, 6.45) is 10.2. The maximum Gasteiger partial charge on any atom is 0.241 e. The number of benzene rings is 2. The summed E-state index contributed by atoms with van der Waals surface area (Å²) in [5.74, 6) is 1.54. The molecule has 0 spiro atoms. The molecule has 1 N–H and O–H groups in total.